The Morgan fingerprint density at radius 2 is 0.815 bits per heavy atom. The minimum Gasteiger partial charge on any atom is -0.279 e. The van der Waals surface area contributed by atoms with Crippen molar-refractivity contribution in [3.63, 3.8) is 0 Å². The molecule has 0 radical (unpaired) electrons. The molecule has 0 amide bonds. The summed E-state index contributed by atoms with van der Waals surface area (Å²) in [5.41, 5.74) is 10.7. The molecule has 252 valence electrons. The van der Waals surface area contributed by atoms with Crippen LogP contribution >= 0.6 is 0 Å². The van der Waals surface area contributed by atoms with Gasteiger partial charge in [-0.1, -0.05) is 140 Å². The van der Waals surface area contributed by atoms with Gasteiger partial charge in [-0.2, -0.15) is 0 Å². The van der Waals surface area contributed by atoms with Crippen LogP contribution < -0.4 is 0 Å². The van der Waals surface area contributed by atoms with E-state index in [0.29, 0.717) is 17.5 Å². The van der Waals surface area contributed by atoms with E-state index in [1.165, 1.54) is 0 Å². The van der Waals surface area contributed by atoms with Crippen LogP contribution in [0.5, 0.6) is 0 Å². The summed E-state index contributed by atoms with van der Waals surface area (Å²) in [4.78, 5) is 25.7. The third kappa shape index (κ3) is 4.79. The Morgan fingerprint density at radius 3 is 1.56 bits per heavy atom. The van der Waals surface area contributed by atoms with Crippen molar-refractivity contribution in [2.75, 3.05) is 0 Å². The minimum absolute atomic E-state index is 0.592. The van der Waals surface area contributed by atoms with Gasteiger partial charge in [0.1, 0.15) is 5.65 Å². The van der Waals surface area contributed by atoms with Crippen LogP contribution in [0.4, 0.5) is 0 Å². The van der Waals surface area contributed by atoms with E-state index in [9.17, 15) is 0 Å². The van der Waals surface area contributed by atoms with Gasteiger partial charge in [0.15, 0.2) is 17.5 Å². The molecule has 0 aliphatic carbocycles. The van der Waals surface area contributed by atoms with Crippen LogP contribution in [0.3, 0.4) is 0 Å². The molecule has 4 aromatic heterocycles. The number of imidazole rings is 1. The number of benzene rings is 7. The van der Waals surface area contributed by atoms with Gasteiger partial charge in [-0.15, -0.1) is 0 Å². The molecule has 0 aliphatic heterocycles. The lowest BCUT2D eigenvalue weighted by molar-refractivity contribution is 0.979. The quantitative estimate of drug-likeness (QED) is 0.180. The Hall–Kier alpha value is -7.51. The standard InChI is InChI=1S/C47H29N7/c1-3-13-30(14-4-1)31-23-25-33(26-24-31)44-50-43(32-15-5-2-6-16-32)51-45(52-44)34-27-28-36-35-17-8-11-21-40(35)53(42(36)29-34)47-49-38-19-9-7-18-37(38)46-48-39-20-10-12-22-41(39)54(46)47/h1-29H. The molecule has 54 heavy (non-hydrogen) atoms. The summed E-state index contributed by atoms with van der Waals surface area (Å²) >= 11 is 0. The van der Waals surface area contributed by atoms with Crippen LogP contribution in [-0.4, -0.2) is 33.9 Å². The third-order valence-corrected chi connectivity index (χ3v) is 10.2. The molecular formula is C47H29N7. The van der Waals surface area contributed by atoms with E-state index >= 15 is 0 Å². The molecule has 0 saturated heterocycles. The summed E-state index contributed by atoms with van der Waals surface area (Å²) in [6.45, 7) is 0. The Bertz CT molecular complexity index is 3200. The van der Waals surface area contributed by atoms with Gasteiger partial charge in [0.05, 0.1) is 27.6 Å². The SMILES string of the molecule is c1ccc(-c2ccc(-c3nc(-c4ccccc4)nc(-c4ccc5c6ccccc6n(-c6nc7ccccc7c7nc8ccccc8n67)c5c4)n3)cc2)cc1. The molecule has 0 spiro atoms. The zero-order valence-electron chi connectivity index (χ0n) is 28.9. The number of hydrogen-bond acceptors (Lipinski definition) is 5. The summed E-state index contributed by atoms with van der Waals surface area (Å²) in [5.74, 6) is 2.59. The molecule has 0 atom stereocenters. The van der Waals surface area contributed by atoms with Crippen LogP contribution in [0, 0.1) is 0 Å². The first-order valence-electron chi connectivity index (χ1n) is 17.9. The molecule has 0 bridgehead atoms. The lowest BCUT2D eigenvalue weighted by Gasteiger charge is -2.13. The van der Waals surface area contributed by atoms with Crippen LogP contribution in [0.25, 0.3) is 101 Å². The van der Waals surface area contributed by atoms with E-state index in [2.05, 4.69) is 130 Å². The predicted octanol–water partition coefficient (Wildman–Crippen LogP) is 11.0. The Balaban J connectivity index is 1.15. The highest BCUT2D eigenvalue weighted by atomic mass is 15.2. The van der Waals surface area contributed by atoms with Crippen molar-refractivity contribution in [1.29, 1.82) is 0 Å². The molecule has 0 aliphatic rings. The van der Waals surface area contributed by atoms with Crippen molar-refractivity contribution in [1.82, 2.24) is 33.9 Å². The van der Waals surface area contributed by atoms with Gasteiger partial charge in [-0.05, 0) is 47.5 Å². The van der Waals surface area contributed by atoms with Crippen LogP contribution in [-0.2, 0) is 0 Å². The van der Waals surface area contributed by atoms with Crippen LogP contribution in [0.15, 0.2) is 176 Å². The first kappa shape index (κ1) is 30.1. The van der Waals surface area contributed by atoms with Gasteiger partial charge in [0, 0.05) is 32.8 Å². The van der Waals surface area contributed by atoms with Gasteiger partial charge < -0.3 is 0 Å². The number of para-hydroxylation sites is 4. The molecule has 0 N–H and O–H groups in total. The summed E-state index contributed by atoms with van der Waals surface area (Å²) in [5, 5.41) is 3.24. The van der Waals surface area contributed by atoms with Gasteiger partial charge in [0.25, 0.3) is 0 Å². The summed E-state index contributed by atoms with van der Waals surface area (Å²) in [6.07, 6.45) is 0. The fraction of sp³-hybridized carbons (Fsp3) is 0. The van der Waals surface area contributed by atoms with Gasteiger partial charge in [-0.25, -0.2) is 24.9 Å². The smallest absolute Gasteiger partial charge is 0.221 e. The highest BCUT2D eigenvalue weighted by Gasteiger charge is 2.21. The maximum absolute atomic E-state index is 5.35. The average molecular weight is 692 g/mol. The number of hydrogen-bond donors (Lipinski definition) is 0. The molecule has 0 fully saturated rings. The van der Waals surface area contributed by atoms with Crippen molar-refractivity contribution in [3.8, 4) is 51.2 Å². The van der Waals surface area contributed by atoms with E-state index in [0.717, 1.165) is 83.2 Å². The number of nitrogens with zero attached hydrogens (tertiary/aromatic N) is 7. The second-order valence-corrected chi connectivity index (χ2v) is 13.4. The molecule has 0 unspecified atom stereocenters. The van der Waals surface area contributed by atoms with Gasteiger partial charge in [-0.3, -0.25) is 8.97 Å². The minimum atomic E-state index is 0.592. The predicted molar refractivity (Wildman–Crippen MR) is 217 cm³/mol. The second-order valence-electron chi connectivity index (χ2n) is 13.4. The molecule has 7 nitrogen and oxygen atoms in total. The van der Waals surface area contributed by atoms with Crippen molar-refractivity contribution in [2.24, 2.45) is 0 Å². The monoisotopic (exact) mass is 691 g/mol. The Labute approximate surface area is 309 Å². The number of rotatable bonds is 5. The lowest BCUT2D eigenvalue weighted by Crippen LogP contribution is -2.06. The zero-order valence-corrected chi connectivity index (χ0v) is 28.9. The molecule has 11 rings (SSSR count). The first-order chi connectivity index (χ1) is 26.8. The molecular weight excluding hydrogens is 663 g/mol. The molecule has 7 aromatic carbocycles. The van der Waals surface area contributed by atoms with E-state index < -0.39 is 0 Å². The fourth-order valence-corrected chi connectivity index (χ4v) is 7.59. The highest BCUT2D eigenvalue weighted by Crippen LogP contribution is 2.36. The van der Waals surface area contributed by atoms with Crippen LogP contribution in [0.2, 0.25) is 0 Å². The molecule has 0 saturated carbocycles. The fourth-order valence-electron chi connectivity index (χ4n) is 7.59. The summed E-state index contributed by atoms with van der Waals surface area (Å²) in [6, 6.07) is 60.3. The summed E-state index contributed by atoms with van der Waals surface area (Å²) < 4.78 is 4.44. The second kappa shape index (κ2) is 12.0. The average Bonchev–Trinajstić information content (AvgIpc) is 3.80. The van der Waals surface area contributed by atoms with E-state index in [4.69, 9.17) is 24.9 Å². The maximum Gasteiger partial charge on any atom is 0.221 e. The molecule has 4 heterocycles. The largest absolute Gasteiger partial charge is 0.279 e. The molecule has 7 heteroatoms. The maximum atomic E-state index is 5.35. The van der Waals surface area contributed by atoms with Gasteiger partial charge in [0.2, 0.25) is 5.95 Å². The Morgan fingerprint density at radius 1 is 0.315 bits per heavy atom. The van der Waals surface area contributed by atoms with Crippen molar-refractivity contribution >= 4 is 49.4 Å². The van der Waals surface area contributed by atoms with E-state index in [-0.39, 0.29) is 0 Å². The molecule has 11 aromatic rings. The lowest BCUT2D eigenvalue weighted by atomic mass is 10.0. The Kier molecular flexibility index (Phi) is 6.72. The number of fused-ring (bicyclic) bond motifs is 8. The third-order valence-electron chi connectivity index (χ3n) is 10.2. The highest BCUT2D eigenvalue weighted by molar-refractivity contribution is 6.10. The zero-order chi connectivity index (χ0) is 35.6. The normalized spacial score (nSPS) is 11.7. The van der Waals surface area contributed by atoms with E-state index in [1.807, 2.05) is 54.6 Å². The number of aromatic nitrogens is 7. The topological polar surface area (TPSA) is 73.8 Å². The van der Waals surface area contributed by atoms with Crippen molar-refractivity contribution in [3.05, 3.63) is 176 Å². The summed E-state index contributed by atoms with van der Waals surface area (Å²) in [7, 11) is 0. The van der Waals surface area contributed by atoms with Crippen molar-refractivity contribution in [2.45, 2.75) is 0 Å². The van der Waals surface area contributed by atoms with E-state index in [1.54, 1.807) is 0 Å². The van der Waals surface area contributed by atoms with Crippen molar-refractivity contribution < 1.29 is 0 Å². The van der Waals surface area contributed by atoms with Crippen LogP contribution in [0.1, 0.15) is 0 Å². The van der Waals surface area contributed by atoms with Gasteiger partial charge >= 0.3 is 0 Å². The first-order valence-corrected chi connectivity index (χ1v) is 17.9.